The summed E-state index contributed by atoms with van der Waals surface area (Å²) in [6.45, 7) is 3.23. The van der Waals surface area contributed by atoms with Crippen molar-refractivity contribution in [2.75, 3.05) is 27.3 Å². The van der Waals surface area contributed by atoms with Crippen LogP contribution in [0.4, 0.5) is 0 Å². The third kappa shape index (κ3) is 4.26. The van der Waals surface area contributed by atoms with E-state index < -0.39 is 0 Å². The number of benzene rings is 1. The van der Waals surface area contributed by atoms with Crippen LogP contribution in [0.25, 0.3) is 21.2 Å². The molecule has 0 spiro atoms. The zero-order chi connectivity index (χ0) is 24.5. The van der Waals surface area contributed by atoms with Gasteiger partial charge in [0, 0.05) is 50.8 Å². The molecule has 9 heteroatoms. The van der Waals surface area contributed by atoms with Crippen LogP contribution in [0, 0.1) is 0 Å². The Morgan fingerprint density at radius 1 is 1.29 bits per heavy atom. The molecule has 1 unspecified atom stereocenters. The maximum absolute atomic E-state index is 13.2. The maximum Gasteiger partial charge on any atom is 0.264 e. The van der Waals surface area contributed by atoms with E-state index in [2.05, 4.69) is 10.3 Å². The van der Waals surface area contributed by atoms with E-state index in [1.165, 1.54) is 11.3 Å². The topological polar surface area (TPSA) is 93.9 Å². The van der Waals surface area contributed by atoms with Gasteiger partial charge in [0.05, 0.1) is 33.3 Å². The van der Waals surface area contributed by atoms with Crippen LogP contribution in [0.2, 0.25) is 0 Å². The number of hydrogen-bond acceptors (Lipinski definition) is 7. The predicted octanol–water partition coefficient (Wildman–Crippen LogP) is 5.01. The van der Waals surface area contributed by atoms with E-state index in [0.717, 1.165) is 29.5 Å². The number of hydrogen-bond donors (Lipinski definition) is 1. The number of carbonyl (C=O) groups is 2. The molecule has 5 rings (SSSR count). The SMILES string of the molecule is CCc1oc2cc(Oc3ccnc4cc(C(=O)N5CCCC5COC)sc34)ccc2c1C(=O)NC. The van der Waals surface area contributed by atoms with Crippen LogP contribution in [0.5, 0.6) is 11.5 Å². The molecule has 0 saturated carbocycles. The maximum atomic E-state index is 13.2. The molecule has 4 heterocycles. The summed E-state index contributed by atoms with van der Waals surface area (Å²) < 4.78 is 18.3. The van der Waals surface area contributed by atoms with Gasteiger partial charge in [0.25, 0.3) is 11.8 Å². The number of ether oxygens (including phenoxy) is 2. The number of aromatic nitrogens is 1. The van der Waals surface area contributed by atoms with Crippen LogP contribution >= 0.6 is 11.3 Å². The fraction of sp³-hybridized carbons (Fsp3) is 0.346. The van der Waals surface area contributed by atoms with Gasteiger partial charge in [-0.2, -0.15) is 0 Å². The van der Waals surface area contributed by atoms with Crippen molar-refractivity contribution < 1.29 is 23.5 Å². The quantitative estimate of drug-likeness (QED) is 0.389. The highest BCUT2D eigenvalue weighted by atomic mass is 32.1. The number of thiophene rings is 1. The van der Waals surface area contributed by atoms with Crippen molar-refractivity contribution in [1.82, 2.24) is 15.2 Å². The molecular weight excluding hydrogens is 466 g/mol. The van der Waals surface area contributed by atoms with Gasteiger partial charge in [-0.1, -0.05) is 6.92 Å². The van der Waals surface area contributed by atoms with Gasteiger partial charge in [-0.15, -0.1) is 11.3 Å². The smallest absolute Gasteiger partial charge is 0.264 e. The van der Waals surface area contributed by atoms with Gasteiger partial charge in [0.1, 0.15) is 22.8 Å². The molecule has 1 aromatic carbocycles. The Balaban J connectivity index is 1.45. The van der Waals surface area contributed by atoms with Gasteiger partial charge in [0.2, 0.25) is 0 Å². The lowest BCUT2D eigenvalue weighted by Gasteiger charge is -2.23. The first-order valence-electron chi connectivity index (χ1n) is 11.7. The van der Waals surface area contributed by atoms with Crippen molar-refractivity contribution in [3.8, 4) is 11.5 Å². The number of likely N-dealkylation sites (tertiary alicyclic amines) is 1. The second kappa shape index (κ2) is 9.67. The number of furan rings is 1. The molecule has 1 fully saturated rings. The Hall–Kier alpha value is -3.43. The number of carbonyl (C=O) groups excluding carboxylic acids is 2. The summed E-state index contributed by atoms with van der Waals surface area (Å²) in [4.78, 5) is 32.6. The summed E-state index contributed by atoms with van der Waals surface area (Å²) in [6.07, 6.45) is 4.21. The monoisotopic (exact) mass is 493 g/mol. The summed E-state index contributed by atoms with van der Waals surface area (Å²) in [7, 11) is 3.27. The van der Waals surface area contributed by atoms with Gasteiger partial charge in [-0.25, -0.2) is 0 Å². The zero-order valence-electron chi connectivity index (χ0n) is 19.9. The fourth-order valence-corrected chi connectivity index (χ4v) is 5.67. The Labute approximate surface area is 206 Å². The Morgan fingerprint density at radius 3 is 2.91 bits per heavy atom. The summed E-state index contributed by atoms with van der Waals surface area (Å²) in [5.41, 5.74) is 1.86. The summed E-state index contributed by atoms with van der Waals surface area (Å²) in [5.74, 6) is 1.65. The molecule has 1 N–H and O–H groups in total. The van der Waals surface area contributed by atoms with E-state index in [1.807, 2.05) is 30.0 Å². The van der Waals surface area contributed by atoms with Crippen LogP contribution in [-0.2, 0) is 11.2 Å². The van der Waals surface area contributed by atoms with Crippen LogP contribution in [-0.4, -0.2) is 55.0 Å². The molecule has 35 heavy (non-hydrogen) atoms. The number of pyridine rings is 1. The Bertz CT molecular complexity index is 1410. The van der Waals surface area contributed by atoms with Crippen molar-refractivity contribution in [1.29, 1.82) is 0 Å². The number of methoxy groups -OCH3 is 1. The van der Waals surface area contributed by atoms with Crippen molar-refractivity contribution in [2.45, 2.75) is 32.2 Å². The second-order valence-corrected chi connectivity index (χ2v) is 9.53. The van der Waals surface area contributed by atoms with Gasteiger partial charge in [-0.05, 0) is 31.0 Å². The third-order valence-electron chi connectivity index (χ3n) is 6.32. The van der Waals surface area contributed by atoms with Gasteiger partial charge in [-0.3, -0.25) is 14.6 Å². The first-order chi connectivity index (χ1) is 17.0. The van der Waals surface area contributed by atoms with Crippen LogP contribution in [0.15, 0.2) is 40.9 Å². The van der Waals surface area contributed by atoms with Gasteiger partial charge >= 0.3 is 0 Å². The third-order valence-corrected chi connectivity index (χ3v) is 7.45. The molecule has 4 aromatic rings. The minimum absolute atomic E-state index is 0.00401. The largest absolute Gasteiger partial charge is 0.460 e. The van der Waals surface area contributed by atoms with Crippen LogP contribution in [0.3, 0.4) is 0 Å². The molecule has 0 bridgehead atoms. The first-order valence-corrected chi connectivity index (χ1v) is 12.5. The normalized spacial score (nSPS) is 15.7. The first kappa shape index (κ1) is 23.3. The highest BCUT2D eigenvalue weighted by Gasteiger charge is 2.30. The second-order valence-electron chi connectivity index (χ2n) is 8.48. The van der Waals surface area contributed by atoms with E-state index in [-0.39, 0.29) is 17.9 Å². The highest BCUT2D eigenvalue weighted by molar-refractivity contribution is 7.21. The average molecular weight is 494 g/mol. The summed E-state index contributed by atoms with van der Waals surface area (Å²) in [5, 5.41) is 3.42. The minimum Gasteiger partial charge on any atom is -0.460 e. The van der Waals surface area contributed by atoms with Crippen molar-refractivity contribution >= 4 is 44.3 Å². The van der Waals surface area contributed by atoms with Gasteiger partial charge in [0.15, 0.2) is 0 Å². The lowest BCUT2D eigenvalue weighted by molar-refractivity contribution is 0.0635. The molecule has 3 aromatic heterocycles. The number of rotatable bonds is 7. The van der Waals surface area contributed by atoms with Crippen LogP contribution in [0.1, 0.15) is 45.6 Å². The average Bonchev–Trinajstić information content (AvgIpc) is 3.60. The molecular formula is C26H27N3O5S. The molecule has 1 aliphatic rings. The molecule has 1 atom stereocenters. The molecule has 8 nitrogen and oxygen atoms in total. The summed E-state index contributed by atoms with van der Waals surface area (Å²) in [6, 6.07) is 9.16. The number of fused-ring (bicyclic) bond motifs is 2. The molecule has 1 aliphatic heterocycles. The van der Waals surface area contributed by atoms with E-state index >= 15 is 0 Å². The minimum atomic E-state index is -0.174. The molecule has 0 aliphatic carbocycles. The Morgan fingerprint density at radius 2 is 2.14 bits per heavy atom. The van der Waals surface area contributed by atoms with Gasteiger partial charge < -0.3 is 24.1 Å². The number of nitrogens with one attached hydrogen (secondary N) is 1. The fourth-order valence-electron chi connectivity index (χ4n) is 4.65. The number of aryl methyl sites for hydroxylation is 1. The molecule has 182 valence electrons. The standard InChI is InChI=1S/C26H27N3O5S/c1-4-19-23(25(30)27-2)17-8-7-16(12-21(17)34-19)33-20-9-10-28-18-13-22(35-24(18)20)26(31)29-11-5-6-15(29)14-32-3/h7-10,12-13,15H,4-6,11,14H2,1-3H3,(H,27,30). The van der Waals surface area contributed by atoms with E-state index in [9.17, 15) is 9.59 Å². The number of amides is 2. The molecule has 1 saturated heterocycles. The van der Waals surface area contributed by atoms with E-state index in [0.29, 0.717) is 51.8 Å². The lowest BCUT2D eigenvalue weighted by atomic mass is 10.1. The Kier molecular flexibility index (Phi) is 6.44. The van der Waals surface area contributed by atoms with Crippen LogP contribution < -0.4 is 10.1 Å². The van der Waals surface area contributed by atoms with E-state index in [1.54, 1.807) is 32.5 Å². The van der Waals surface area contributed by atoms with Crippen molar-refractivity contribution in [2.24, 2.45) is 0 Å². The summed E-state index contributed by atoms with van der Waals surface area (Å²) >= 11 is 1.38. The highest BCUT2D eigenvalue weighted by Crippen LogP contribution is 2.37. The molecule has 0 radical (unpaired) electrons. The molecule has 2 amide bonds. The zero-order valence-corrected chi connectivity index (χ0v) is 20.7. The van der Waals surface area contributed by atoms with Crippen molar-refractivity contribution in [3.05, 3.63) is 52.7 Å². The predicted molar refractivity (Wildman–Crippen MR) is 135 cm³/mol. The number of nitrogens with zero attached hydrogens (tertiary/aromatic N) is 2. The van der Waals surface area contributed by atoms with Crippen molar-refractivity contribution in [3.63, 3.8) is 0 Å². The lowest BCUT2D eigenvalue weighted by Crippen LogP contribution is -2.37. The van der Waals surface area contributed by atoms with E-state index in [4.69, 9.17) is 13.9 Å².